The first-order valence-electron chi connectivity index (χ1n) is 12.1. The molecule has 1 amide bonds. The number of hydrogen-bond acceptors (Lipinski definition) is 9. The van der Waals surface area contributed by atoms with Crippen molar-refractivity contribution < 1.29 is 39.3 Å². The van der Waals surface area contributed by atoms with Gasteiger partial charge in [0.05, 0.1) is 17.6 Å². The van der Waals surface area contributed by atoms with E-state index in [2.05, 4.69) is 0 Å². The highest BCUT2D eigenvalue weighted by Gasteiger charge is 2.69. The topological polar surface area (TPSA) is 198 Å². The van der Waals surface area contributed by atoms with Crippen molar-refractivity contribution in [1.82, 2.24) is 0 Å². The number of carbonyl (C=O) groups is 5. The second kappa shape index (κ2) is 8.57. The third-order valence-electron chi connectivity index (χ3n) is 8.59. The molecule has 4 rings (SSSR count). The highest BCUT2D eigenvalue weighted by atomic mass is 16.3. The lowest BCUT2D eigenvalue weighted by Crippen LogP contribution is -2.72. The molecule has 2 unspecified atom stereocenters. The van der Waals surface area contributed by atoms with Gasteiger partial charge in [0.1, 0.15) is 5.75 Å². The number of phenolic OH excluding ortho intramolecular Hbond substituents is 1. The summed E-state index contributed by atoms with van der Waals surface area (Å²) in [6, 6.07) is 3.40. The highest BCUT2D eigenvalue weighted by Crippen LogP contribution is 2.54. The van der Waals surface area contributed by atoms with Gasteiger partial charge in [-0.15, -0.1) is 0 Å². The van der Waals surface area contributed by atoms with E-state index in [0.29, 0.717) is 30.5 Å². The van der Waals surface area contributed by atoms with Gasteiger partial charge >= 0.3 is 0 Å². The SMILES string of the molecule is C[C@H]1c2ccc(C(C)(C)CCCN)c(O)c2C(=O)C2C(=O)[C@]3(O)C(=O)C(C(N)=O)C(=O)C[C@@H]3[C@@H](O)[C@@H]21. The Labute approximate surface area is 208 Å². The van der Waals surface area contributed by atoms with E-state index in [1.54, 1.807) is 19.1 Å². The van der Waals surface area contributed by atoms with Crippen LogP contribution in [-0.2, 0) is 24.6 Å². The molecular formula is C26H32N2O8. The average Bonchev–Trinajstić information content (AvgIpc) is 2.80. The first-order chi connectivity index (χ1) is 16.7. The second-order valence-corrected chi connectivity index (χ2v) is 11.0. The van der Waals surface area contributed by atoms with Gasteiger partial charge < -0.3 is 26.8 Å². The number of nitrogens with two attached hydrogens (primary N) is 2. The van der Waals surface area contributed by atoms with Gasteiger partial charge in [-0.1, -0.05) is 32.9 Å². The van der Waals surface area contributed by atoms with Crippen LogP contribution in [0.15, 0.2) is 12.1 Å². The van der Waals surface area contributed by atoms with E-state index in [4.69, 9.17) is 11.5 Å². The maximum atomic E-state index is 13.8. The second-order valence-electron chi connectivity index (χ2n) is 11.0. The highest BCUT2D eigenvalue weighted by molar-refractivity contribution is 6.31. The lowest BCUT2D eigenvalue weighted by Gasteiger charge is -2.53. The van der Waals surface area contributed by atoms with Gasteiger partial charge in [0, 0.05) is 23.8 Å². The van der Waals surface area contributed by atoms with E-state index in [9.17, 15) is 39.3 Å². The number of aliphatic hydroxyl groups excluding tert-OH is 1. The molecule has 1 aromatic rings. The summed E-state index contributed by atoms with van der Waals surface area (Å²) in [4.78, 5) is 64.8. The van der Waals surface area contributed by atoms with Gasteiger partial charge in [-0.25, -0.2) is 0 Å². The molecule has 0 heterocycles. The van der Waals surface area contributed by atoms with Crippen molar-refractivity contribution >= 4 is 29.0 Å². The number of ketones is 4. The molecule has 194 valence electrons. The number of hydrogen-bond donors (Lipinski definition) is 5. The predicted octanol–water partition coefficient (Wildman–Crippen LogP) is -0.125. The number of benzene rings is 1. The summed E-state index contributed by atoms with van der Waals surface area (Å²) in [5, 5.41) is 33.8. The van der Waals surface area contributed by atoms with Crippen molar-refractivity contribution in [2.24, 2.45) is 35.1 Å². The van der Waals surface area contributed by atoms with Gasteiger partial charge in [0.25, 0.3) is 0 Å². The average molecular weight is 501 g/mol. The maximum Gasteiger partial charge on any atom is 0.235 e. The fourth-order valence-corrected chi connectivity index (χ4v) is 6.58. The Morgan fingerprint density at radius 2 is 1.81 bits per heavy atom. The summed E-state index contributed by atoms with van der Waals surface area (Å²) in [6.07, 6.45) is -0.880. The number of fused-ring (bicyclic) bond motifs is 3. The van der Waals surface area contributed by atoms with Crippen LogP contribution < -0.4 is 11.5 Å². The number of amides is 1. The van der Waals surface area contributed by atoms with Crippen LogP contribution in [0.1, 0.15) is 67.4 Å². The van der Waals surface area contributed by atoms with Crippen LogP contribution in [0.5, 0.6) is 5.75 Å². The number of aliphatic hydroxyl groups is 2. The lowest BCUT2D eigenvalue weighted by atomic mass is 9.50. The molecule has 3 aliphatic carbocycles. The molecular weight excluding hydrogens is 468 g/mol. The monoisotopic (exact) mass is 500 g/mol. The van der Waals surface area contributed by atoms with Crippen LogP contribution in [-0.4, -0.2) is 62.6 Å². The van der Waals surface area contributed by atoms with E-state index < -0.39 is 82.2 Å². The number of Topliss-reactive ketones (excluding diaryl/α,β-unsaturated/α-hetero) is 4. The summed E-state index contributed by atoms with van der Waals surface area (Å²) < 4.78 is 0. The summed E-state index contributed by atoms with van der Waals surface area (Å²) in [5.41, 5.74) is 8.19. The Morgan fingerprint density at radius 3 is 2.39 bits per heavy atom. The van der Waals surface area contributed by atoms with E-state index in [0.717, 1.165) is 0 Å². The van der Waals surface area contributed by atoms with Crippen molar-refractivity contribution in [3.8, 4) is 5.75 Å². The van der Waals surface area contributed by atoms with Crippen molar-refractivity contribution in [1.29, 1.82) is 0 Å². The summed E-state index contributed by atoms with van der Waals surface area (Å²) >= 11 is 0. The van der Waals surface area contributed by atoms with Crippen LogP contribution in [0, 0.1) is 23.7 Å². The molecule has 0 spiro atoms. The Kier molecular flexibility index (Phi) is 6.22. The summed E-state index contributed by atoms with van der Waals surface area (Å²) in [7, 11) is 0. The minimum absolute atomic E-state index is 0.0875. The third-order valence-corrected chi connectivity index (χ3v) is 8.59. The fourth-order valence-electron chi connectivity index (χ4n) is 6.58. The van der Waals surface area contributed by atoms with Crippen LogP contribution >= 0.6 is 0 Å². The molecule has 36 heavy (non-hydrogen) atoms. The summed E-state index contributed by atoms with van der Waals surface area (Å²) in [5.74, 6) is -12.8. The lowest BCUT2D eigenvalue weighted by molar-refractivity contribution is -0.189. The Balaban J connectivity index is 1.85. The number of primary amides is 1. The quantitative estimate of drug-likeness (QED) is 0.342. The minimum atomic E-state index is -2.92. The van der Waals surface area contributed by atoms with Crippen molar-refractivity contribution in [2.45, 2.75) is 63.1 Å². The first kappa shape index (κ1) is 26.1. The van der Waals surface area contributed by atoms with Crippen LogP contribution in [0.4, 0.5) is 0 Å². The standard InChI is InChI=1S/C26H32N2O8/c1-10-11-5-6-12(25(2,3)7-4-8-27)19(30)16(11)21(32)18-15(10)20(31)13-9-14(29)17(24(28)35)22(33)26(13,36)23(18)34/h5-6,10,13,15,17-18,20,30-31,36H,4,7-9,27H2,1-3H3,(H2,28,35)/t10-,13+,15+,17?,18?,20+,26+/m0/s1. The van der Waals surface area contributed by atoms with Crippen LogP contribution in [0.25, 0.3) is 0 Å². The molecule has 0 aliphatic heterocycles. The maximum absolute atomic E-state index is 13.8. The van der Waals surface area contributed by atoms with Crippen LogP contribution in [0.3, 0.4) is 0 Å². The predicted molar refractivity (Wildman–Crippen MR) is 126 cm³/mol. The Hall–Kier alpha value is -2.95. The zero-order valence-electron chi connectivity index (χ0n) is 20.5. The molecule has 0 aromatic heterocycles. The van der Waals surface area contributed by atoms with E-state index >= 15 is 0 Å². The molecule has 2 fully saturated rings. The van der Waals surface area contributed by atoms with E-state index in [1.165, 1.54) is 0 Å². The van der Waals surface area contributed by atoms with Crippen LogP contribution in [0.2, 0.25) is 0 Å². The zero-order valence-corrected chi connectivity index (χ0v) is 20.5. The molecule has 10 nitrogen and oxygen atoms in total. The van der Waals surface area contributed by atoms with E-state index in [-0.39, 0.29) is 11.3 Å². The van der Waals surface area contributed by atoms with Gasteiger partial charge in [-0.2, -0.15) is 0 Å². The first-order valence-corrected chi connectivity index (χ1v) is 12.1. The van der Waals surface area contributed by atoms with Crippen molar-refractivity contribution in [3.63, 3.8) is 0 Å². The normalized spacial score (nSPS) is 34.2. The summed E-state index contributed by atoms with van der Waals surface area (Å²) in [6.45, 7) is 5.92. The third kappa shape index (κ3) is 3.38. The molecule has 1 aromatic carbocycles. The van der Waals surface area contributed by atoms with Gasteiger partial charge in [0.2, 0.25) is 5.91 Å². The zero-order chi connectivity index (χ0) is 26.9. The van der Waals surface area contributed by atoms with Gasteiger partial charge in [0.15, 0.2) is 34.7 Å². The minimum Gasteiger partial charge on any atom is -0.507 e. The molecule has 0 saturated heterocycles. The number of carbonyl (C=O) groups excluding carboxylic acids is 5. The number of aromatic hydroxyl groups is 1. The van der Waals surface area contributed by atoms with Gasteiger partial charge in [-0.05, 0) is 36.3 Å². The molecule has 2 saturated carbocycles. The Morgan fingerprint density at radius 1 is 1.17 bits per heavy atom. The largest absolute Gasteiger partial charge is 0.507 e. The fraction of sp³-hybridized carbons (Fsp3) is 0.577. The molecule has 7 N–H and O–H groups in total. The van der Waals surface area contributed by atoms with Gasteiger partial charge in [-0.3, -0.25) is 24.0 Å². The number of rotatable bonds is 5. The molecule has 3 aliphatic rings. The molecule has 0 radical (unpaired) electrons. The smallest absolute Gasteiger partial charge is 0.235 e. The molecule has 7 atom stereocenters. The van der Waals surface area contributed by atoms with Crippen molar-refractivity contribution in [2.75, 3.05) is 6.54 Å². The number of phenols is 1. The Bertz CT molecular complexity index is 1190. The van der Waals surface area contributed by atoms with E-state index in [1.807, 2.05) is 13.8 Å². The molecule has 0 bridgehead atoms. The molecule has 10 heteroatoms. The van der Waals surface area contributed by atoms with Crippen molar-refractivity contribution in [3.05, 3.63) is 28.8 Å².